The molecule has 1 heterocycles. The summed E-state index contributed by atoms with van der Waals surface area (Å²) in [6, 6.07) is 10.3. The van der Waals surface area contributed by atoms with Crippen molar-refractivity contribution < 1.29 is 37.7 Å². The lowest BCUT2D eigenvalue weighted by Gasteiger charge is -2.26. The van der Waals surface area contributed by atoms with Crippen molar-refractivity contribution in [3.63, 3.8) is 0 Å². The number of ether oxygens (including phenoxy) is 3. The molecule has 278 valence electrons. The second kappa shape index (κ2) is 29.1. The quantitative estimate of drug-likeness (QED) is 0.0495. The summed E-state index contributed by atoms with van der Waals surface area (Å²) in [5.41, 5.74) is 0.803. The molecule has 1 aromatic rings. The summed E-state index contributed by atoms with van der Waals surface area (Å²) < 4.78 is 26.9. The predicted molar refractivity (Wildman–Crippen MR) is 216 cm³/mol. The maximum absolute atomic E-state index is 12.2. The van der Waals surface area contributed by atoms with Crippen molar-refractivity contribution in [2.24, 2.45) is 5.92 Å². The molecule has 5 atom stereocenters. The second-order valence-electron chi connectivity index (χ2n) is 10.6. The Kier molecular flexibility index (Phi) is 23.8. The molecule has 2 amide bonds. The van der Waals surface area contributed by atoms with E-state index in [2.05, 4.69) is 129 Å². The van der Waals surface area contributed by atoms with Crippen molar-refractivity contribution in [2.75, 3.05) is 20.3 Å². The first-order valence-corrected chi connectivity index (χ1v) is 19.3. The number of carbonyl (C=O) groups excluding carboxylic acids is 2. The van der Waals surface area contributed by atoms with Gasteiger partial charge in [-0.1, -0.05) is 48.4 Å². The molecule has 0 aromatic heterocycles. The third-order valence-corrected chi connectivity index (χ3v) is 8.35. The molecule has 3 N–H and O–H groups in total. The number of unbranched alkanes of at least 4 members (excludes halogenated alkanes) is 2. The molecule has 2 radical (unpaired) electrons. The van der Waals surface area contributed by atoms with Gasteiger partial charge in [-0.05, 0) is 97.3 Å². The highest BCUT2D eigenvalue weighted by Gasteiger charge is 2.45. The van der Waals surface area contributed by atoms with Crippen molar-refractivity contribution in [1.82, 2.24) is 10.6 Å². The van der Waals surface area contributed by atoms with Crippen LogP contribution in [-0.4, -0.2) is 63.4 Å². The third-order valence-electron chi connectivity index (χ3n) is 6.68. The van der Waals surface area contributed by atoms with Crippen molar-refractivity contribution >= 4 is 38.6 Å². The first-order valence-electron chi connectivity index (χ1n) is 16.7. The number of urea groups is 1. The Morgan fingerprint density at radius 2 is 1.43 bits per heavy atom. The third kappa shape index (κ3) is 22.0. The van der Waals surface area contributed by atoms with Gasteiger partial charge in [0.05, 0.1) is 0 Å². The molecular formula is C43H34BN2O8PS. The van der Waals surface area contributed by atoms with Gasteiger partial charge in [-0.25, -0.2) is 9.59 Å². The van der Waals surface area contributed by atoms with Crippen LogP contribution in [0.5, 0.6) is 0 Å². The Morgan fingerprint density at radius 3 is 2.00 bits per heavy atom. The standard InChI is InChI=1S/C43H34BN2O8PS/c1-3-4-5-6-7-8-9-10-11-12-13-14-15-16-17-18-19-22-28-33-45-42(47)46-34-29-23-20-21-27-32-38-40(54-55(49,56)50-2)39(53-41(38)44)36-52-43(48)51-35-37-30-25-24-26-31-37/h21,24-27,30-31,38-41H,20,23,29,32,34-36H2,1-2H3,(H,49,56)(H2,45,46,47)/b27-21+/t38?,39-,40-,41-,55?/m1/s1. The van der Waals surface area contributed by atoms with Gasteiger partial charge in [-0.15, -0.1) is 0 Å². The summed E-state index contributed by atoms with van der Waals surface area (Å²) in [6.45, 7) is -1.66. The minimum atomic E-state index is -3.59. The van der Waals surface area contributed by atoms with Crippen LogP contribution in [0.15, 0.2) is 42.5 Å². The average molecular weight is 781 g/mol. The number of benzene rings is 1. The van der Waals surface area contributed by atoms with Crippen LogP contribution in [0.3, 0.4) is 0 Å². The molecule has 1 aliphatic heterocycles. The van der Waals surface area contributed by atoms with E-state index in [0.29, 0.717) is 19.4 Å². The molecule has 2 unspecified atom stereocenters. The topological polar surface area (TPSA) is 125 Å². The Labute approximate surface area is 336 Å². The lowest BCUT2D eigenvalue weighted by atomic mass is 9.82. The lowest BCUT2D eigenvalue weighted by Crippen LogP contribution is -2.33. The number of hydrogen-bond acceptors (Lipinski definition) is 8. The van der Waals surface area contributed by atoms with E-state index >= 15 is 0 Å². The van der Waals surface area contributed by atoms with Crippen LogP contribution in [0.4, 0.5) is 9.59 Å². The molecule has 1 saturated heterocycles. The fraction of sp³-hybridized carbons (Fsp3) is 0.302. The van der Waals surface area contributed by atoms with Crippen LogP contribution >= 0.6 is 6.72 Å². The summed E-state index contributed by atoms with van der Waals surface area (Å²) in [7, 11) is 7.49. The van der Waals surface area contributed by atoms with Crippen LogP contribution in [0.1, 0.15) is 38.2 Å². The van der Waals surface area contributed by atoms with Crippen LogP contribution < -0.4 is 10.6 Å². The molecule has 0 saturated carbocycles. The highest BCUT2D eigenvalue weighted by atomic mass is 32.5. The second-order valence-corrected chi connectivity index (χ2v) is 13.5. The SMILES string of the molecule is [B][C@@H]1O[C@H](COC(=O)OCc2ccccc2)[C@H](OP(O)(=S)OC)C1C/C=C/CCCCNC(=O)NC#CC#CC#CC#CC#CC#CC#CC#CC#CC#CC. The Hall–Kier alpha value is -6.35. The van der Waals surface area contributed by atoms with Gasteiger partial charge in [-0.3, -0.25) is 5.32 Å². The van der Waals surface area contributed by atoms with Gasteiger partial charge >= 0.3 is 18.9 Å². The van der Waals surface area contributed by atoms with Crippen molar-refractivity contribution in [3.05, 3.63) is 48.0 Å². The number of allylic oxidation sites excluding steroid dienone is 2. The molecule has 1 aliphatic rings. The van der Waals surface area contributed by atoms with Crippen molar-refractivity contribution in [2.45, 2.75) is 57.4 Å². The van der Waals surface area contributed by atoms with Crippen molar-refractivity contribution in [3.8, 4) is 119 Å². The van der Waals surface area contributed by atoms with Gasteiger partial charge < -0.3 is 33.5 Å². The molecule has 13 heteroatoms. The van der Waals surface area contributed by atoms with Gasteiger partial charge in [0.25, 0.3) is 0 Å². The molecule has 1 aromatic carbocycles. The summed E-state index contributed by atoms with van der Waals surface area (Å²) >= 11 is 5.06. The number of rotatable bonds is 14. The summed E-state index contributed by atoms with van der Waals surface area (Å²) in [4.78, 5) is 34.5. The van der Waals surface area contributed by atoms with Crippen LogP contribution in [-0.2, 0) is 41.7 Å². The van der Waals surface area contributed by atoms with Crippen LogP contribution in [0, 0.1) is 124 Å². The Balaban J connectivity index is 1.67. The number of carbonyl (C=O) groups is 2. The van der Waals surface area contributed by atoms with Gasteiger partial charge in [0.1, 0.15) is 33.3 Å². The van der Waals surface area contributed by atoms with Crippen molar-refractivity contribution in [1.29, 1.82) is 0 Å². The van der Waals surface area contributed by atoms with E-state index in [1.165, 1.54) is 7.11 Å². The van der Waals surface area contributed by atoms with E-state index in [-0.39, 0.29) is 13.2 Å². The summed E-state index contributed by atoms with van der Waals surface area (Å²) in [6.07, 6.45) is 4.07. The molecule has 1 fully saturated rings. The monoisotopic (exact) mass is 780 g/mol. The van der Waals surface area contributed by atoms with Crippen LogP contribution in [0.2, 0.25) is 0 Å². The van der Waals surface area contributed by atoms with E-state index in [1.54, 1.807) is 6.92 Å². The average Bonchev–Trinajstić information content (AvgIpc) is 3.48. The van der Waals surface area contributed by atoms with E-state index < -0.39 is 43.0 Å². The normalized spacial score (nSPS) is 16.3. The smallest absolute Gasteiger partial charge is 0.431 e. The van der Waals surface area contributed by atoms with E-state index in [4.69, 9.17) is 42.9 Å². The zero-order valence-electron chi connectivity index (χ0n) is 30.5. The van der Waals surface area contributed by atoms with E-state index in [9.17, 15) is 14.5 Å². The highest BCUT2D eigenvalue weighted by molar-refractivity contribution is 8.07. The van der Waals surface area contributed by atoms with Gasteiger partial charge in [0, 0.05) is 90.8 Å². The Morgan fingerprint density at radius 1 is 0.857 bits per heavy atom. The minimum Gasteiger partial charge on any atom is -0.431 e. The molecule has 0 spiro atoms. The maximum Gasteiger partial charge on any atom is 0.508 e. The largest absolute Gasteiger partial charge is 0.508 e. The number of nitrogens with one attached hydrogen (secondary N) is 2. The lowest BCUT2D eigenvalue weighted by molar-refractivity contribution is -0.0272. The van der Waals surface area contributed by atoms with E-state index in [1.807, 2.05) is 42.5 Å². The molecule has 0 bridgehead atoms. The first-order chi connectivity index (χ1) is 27.3. The first kappa shape index (κ1) is 45.8. The minimum absolute atomic E-state index is 0.0435. The molecule has 56 heavy (non-hydrogen) atoms. The fourth-order valence-electron chi connectivity index (χ4n) is 4.18. The summed E-state index contributed by atoms with van der Waals surface area (Å²) in [5, 5.41) is 5.08. The summed E-state index contributed by atoms with van der Waals surface area (Å²) in [5.74, 6) is 47.3. The fourth-order valence-corrected chi connectivity index (χ4v) is 5.17. The predicted octanol–water partition coefficient (Wildman–Crippen LogP) is 3.53. The molecule has 2 rings (SSSR count). The van der Waals surface area contributed by atoms with Gasteiger partial charge in [0.15, 0.2) is 0 Å². The molecular weight excluding hydrogens is 746 g/mol. The van der Waals surface area contributed by atoms with Gasteiger partial charge in [-0.2, -0.15) is 0 Å². The molecule has 0 aliphatic carbocycles. The van der Waals surface area contributed by atoms with E-state index in [0.717, 1.165) is 18.4 Å². The Bertz CT molecular complexity index is 2250. The zero-order valence-corrected chi connectivity index (χ0v) is 32.2. The number of hydrogen-bond donors (Lipinski definition) is 3. The highest BCUT2D eigenvalue weighted by Crippen LogP contribution is 2.48. The number of amides is 2. The molecule has 10 nitrogen and oxygen atoms in total. The van der Waals surface area contributed by atoms with Gasteiger partial charge in [0.2, 0.25) is 0 Å². The maximum atomic E-state index is 12.2. The zero-order chi connectivity index (χ0) is 40.5. The van der Waals surface area contributed by atoms with Crippen LogP contribution in [0.25, 0.3) is 0 Å².